The van der Waals surface area contributed by atoms with Crippen LogP contribution in [0.25, 0.3) is 0 Å². The van der Waals surface area contributed by atoms with Crippen LogP contribution in [0.3, 0.4) is 0 Å². The van der Waals surface area contributed by atoms with Gasteiger partial charge in [-0.1, -0.05) is 0 Å². The lowest BCUT2D eigenvalue weighted by Crippen LogP contribution is -2.22. The van der Waals surface area contributed by atoms with E-state index in [2.05, 4.69) is 37.7 Å². The van der Waals surface area contributed by atoms with Crippen molar-refractivity contribution in [3.05, 3.63) is 39.2 Å². The van der Waals surface area contributed by atoms with Crippen molar-refractivity contribution in [3.63, 3.8) is 0 Å². The summed E-state index contributed by atoms with van der Waals surface area (Å²) in [5.74, 6) is 1.97. The van der Waals surface area contributed by atoms with Gasteiger partial charge in [-0.25, -0.2) is 4.98 Å². The van der Waals surface area contributed by atoms with Crippen LogP contribution < -0.4 is 0 Å². The summed E-state index contributed by atoms with van der Waals surface area (Å²) in [5.41, 5.74) is 1.18. The summed E-state index contributed by atoms with van der Waals surface area (Å²) in [6, 6.07) is 4.35. The average molecular weight is 264 g/mol. The number of thiazole rings is 1. The first kappa shape index (κ1) is 13.3. The summed E-state index contributed by atoms with van der Waals surface area (Å²) in [4.78, 5) is 8.20. The summed E-state index contributed by atoms with van der Waals surface area (Å²) in [6.07, 6.45) is 0. The summed E-state index contributed by atoms with van der Waals surface area (Å²) >= 11 is 1.76. The van der Waals surface area contributed by atoms with Crippen LogP contribution in [-0.2, 0) is 6.54 Å². The summed E-state index contributed by atoms with van der Waals surface area (Å²) in [5, 5.41) is 1.14. The molecule has 98 valence electrons. The molecule has 0 bridgehead atoms. The third-order valence-electron chi connectivity index (χ3n) is 3.20. The van der Waals surface area contributed by atoms with Crippen molar-refractivity contribution in [1.82, 2.24) is 9.88 Å². The number of hydrogen-bond donors (Lipinski definition) is 0. The minimum atomic E-state index is 0.306. The second-order valence-electron chi connectivity index (χ2n) is 4.78. The molecule has 0 fully saturated rings. The Bertz CT molecular complexity index is 530. The van der Waals surface area contributed by atoms with Crippen LogP contribution in [0, 0.1) is 20.8 Å². The number of aryl methyl sites for hydroxylation is 3. The number of hydrogen-bond acceptors (Lipinski definition) is 4. The molecule has 1 atom stereocenters. The maximum absolute atomic E-state index is 5.62. The Labute approximate surface area is 112 Å². The Morgan fingerprint density at radius 3 is 2.56 bits per heavy atom. The number of nitrogens with zero attached hydrogens (tertiary/aromatic N) is 2. The molecule has 1 unspecified atom stereocenters. The number of aromatic nitrogens is 1. The molecule has 0 radical (unpaired) electrons. The van der Waals surface area contributed by atoms with Crippen molar-refractivity contribution in [2.45, 2.75) is 40.3 Å². The fourth-order valence-corrected chi connectivity index (χ4v) is 3.00. The zero-order chi connectivity index (χ0) is 13.3. The maximum atomic E-state index is 5.62. The lowest BCUT2D eigenvalue weighted by atomic mass is 10.2. The Hall–Kier alpha value is -1.13. The first-order valence-corrected chi connectivity index (χ1v) is 6.98. The molecule has 0 spiro atoms. The summed E-state index contributed by atoms with van der Waals surface area (Å²) in [7, 11) is 2.11. The van der Waals surface area contributed by atoms with Gasteiger partial charge < -0.3 is 4.42 Å². The van der Waals surface area contributed by atoms with Crippen molar-refractivity contribution < 1.29 is 4.42 Å². The molecule has 2 aromatic heterocycles. The first-order chi connectivity index (χ1) is 8.47. The van der Waals surface area contributed by atoms with Crippen molar-refractivity contribution in [1.29, 1.82) is 0 Å². The van der Waals surface area contributed by atoms with E-state index in [1.165, 1.54) is 10.6 Å². The molecule has 2 rings (SSSR count). The molecule has 0 aliphatic rings. The molecule has 0 aromatic carbocycles. The summed E-state index contributed by atoms with van der Waals surface area (Å²) < 4.78 is 5.62. The SMILES string of the molecule is Cc1ccc(CN(C)C(C)c2nc(C)sc2C)o1. The molecule has 0 aliphatic heterocycles. The third-order valence-corrected chi connectivity index (χ3v) is 4.10. The van der Waals surface area contributed by atoms with Gasteiger partial charge in [0, 0.05) is 4.88 Å². The van der Waals surface area contributed by atoms with Gasteiger partial charge in [-0.3, -0.25) is 4.90 Å². The highest BCUT2D eigenvalue weighted by molar-refractivity contribution is 7.11. The van der Waals surface area contributed by atoms with E-state index in [1.54, 1.807) is 11.3 Å². The molecule has 0 amide bonds. The second kappa shape index (κ2) is 5.24. The van der Waals surface area contributed by atoms with E-state index in [0.717, 1.165) is 23.1 Å². The zero-order valence-corrected chi connectivity index (χ0v) is 12.5. The largest absolute Gasteiger partial charge is 0.465 e. The van der Waals surface area contributed by atoms with Gasteiger partial charge in [-0.2, -0.15) is 0 Å². The van der Waals surface area contributed by atoms with Gasteiger partial charge in [-0.05, 0) is 46.9 Å². The van der Waals surface area contributed by atoms with E-state index in [4.69, 9.17) is 4.42 Å². The van der Waals surface area contributed by atoms with E-state index in [0.29, 0.717) is 6.04 Å². The Morgan fingerprint density at radius 2 is 2.06 bits per heavy atom. The summed E-state index contributed by atoms with van der Waals surface area (Å²) in [6.45, 7) is 9.17. The third kappa shape index (κ3) is 2.82. The highest BCUT2D eigenvalue weighted by atomic mass is 32.1. The number of furan rings is 1. The minimum absolute atomic E-state index is 0.306. The van der Waals surface area contributed by atoms with Gasteiger partial charge in [0.1, 0.15) is 11.5 Å². The molecule has 0 saturated heterocycles. The van der Waals surface area contributed by atoms with Crippen LogP contribution in [0.4, 0.5) is 0 Å². The van der Waals surface area contributed by atoms with Gasteiger partial charge in [0.25, 0.3) is 0 Å². The molecule has 0 saturated carbocycles. The van der Waals surface area contributed by atoms with E-state index in [-0.39, 0.29) is 0 Å². The topological polar surface area (TPSA) is 29.3 Å². The quantitative estimate of drug-likeness (QED) is 0.840. The normalized spacial score (nSPS) is 13.2. The van der Waals surface area contributed by atoms with Crippen LogP contribution in [0.2, 0.25) is 0 Å². The molecule has 0 aliphatic carbocycles. The van der Waals surface area contributed by atoms with Crippen molar-refractivity contribution in [3.8, 4) is 0 Å². The van der Waals surface area contributed by atoms with E-state index in [1.807, 2.05) is 19.1 Å². The molecule has 3 nitrogen and oxygen atoms in total. The Morgan fingerprint density at radius 1 is 1.33 bits per heavy atom. The monoisotopic (exact) mass is 264 g/mol. The van der Waals surface area contributed by atoms with Crippen molar-refractivity contribution in [2.24, 2.45) is 0 Å². The molecular formula is C14H20N2OS. The lowest BCUT2D eigenvalue weighted by Gasteiger charge is -2.22. The highest BCUT2D eigenvalue weighted by Gasteiger charge is 2.18. The smallest absolute Gasteiger partial charge is 0.118 e. The molecule has 18 heavy (non-hydrogen) atoms. The van der Waals surface area contributed by atoms with Gasteiger partial charge >= 0.3 is 0 Å². The van der Waals surface area contributed by atoms with Crippen molar-refractivity contribution >= 4 is 11.3 Å². The molecule has 2 heterocycles. The van der Waals surface area contributed by atoms with Crippen LogP contribution in [0.15, 0.2) is 16.5 Å². The fourth-order valence-electron chi connectivity index (χ4n) is 2.09. The predicted octanol–water partition coefficient (Wildman–Crippen LogP) is 3.85. The van der Waals surface area contributed by atoms with E-state index >= 15 is 0 Å². The lowest BCUT2D eigenvalue weighted by molar-refractivity contribution is 0.227. The fraction of sp³-hybridized carbons (Fsp3) is 0.500. The van der Waals surface area contributed by atoms with Crippen molar-refractivity contribution in [2.75, 3.05) is 7.05 Å². The number of rotatable bonds is 4. The van der Waals surface area contributed by atoms with Gasteiger partial charge in [0.2, 0.25) is 0 Å². The van der Waals surface area contributed by atoms with Gasteiger partial charge in [0.15, 0.2) is 0 Å². The van der Waals surface area contributed by atoms with Crippen LogP contribution in [0.5, 0.6) is 0 Å². The van der Waals surface area contributed by atoms with Crippen LogP contribution >= 0.6 is 11.3 Å². The maximum Gasteiger partial charge on any atom is 0.118 e. The predicted molar refractivity (Wildman–Crippen MR) is 74.9 cm³/mol. The average Bonchev–Trinajstić information content (AvgIpc) is 2.84. The van der Waals surface area contributed by atoms with Crippen LogP contribution in [-0.4, -0.2) is 16.9 Å². The Kier molecular flexibility index (Phi) is 3.88. The molecule has 2 aromatic rings. The molecule has 0 N–H and O–H groups in total. The van der Waals surface area contributed by atoms with E-state index < -0.39 is 0 Å². The second-order valence-corrected chi connectivity index (χ2v) is 6.19. The van der Waals surface area contributed by atoms with Crippen LogP contribution in [0.1, 0.15) is 40.1 Å². The minimum Gasteiger partial charge on any atom is -0.465 e. The molecular weight excluding hydrogens is 244 g/mol. The molecule has 4 heteroatoms. The zero-order valence-electron chi connectivity index (χ0n) is 11.7. The Balaban J connectivity index is 2.09. The van der Waals surface area contributed by atoms with E-state index in [9.17, 15) is 0 Å². The van der Waals surface area contributed by atoms with Gasteiger partial charge in [0.05, 0.1) is 23.3 Å². The van der Waals surface area contributed by atoms with Gasteiger partial charge in [-0.15, -0.1) is 11.3 Å². The standard InChI is InChI=1S/C14H20N2OS/c1-9-6-7-13(17-9)8-16(5)10(2)14-11(3)18-12(4)15-14/h6-7,10H,8H2,1-5H3. The highest BCUT2D eigenvalue weighted by Crippen LogP contribution is 2.27. The first-order valence-electron chi connectivity index (χ1n) is 6.17.